The molecule has 0 aliphatic rings. The van der Waals surface area contributed by atoms with Crippen LogP contribution in [0.5, 0.6) is 0 Å². The molecule has 96 valence electrons. The van der Waals surface area contributed by atoms with Crippen molar-refractivity contribution in [2.24, 2.45) is 0 Å². The van der Waals surface area contributed by atoms with Crippen LogP contribution in [0.25, 0.3) is 11.0 Å². The molecule has 1 aromatic heterocycles. The van der Waals surface area contributed by atoms with Crippen molar-refractivity contribution in [1.82, 2.24) is 9.55 Å². The topological polar surface area (TPSA) is 64.3 Å². The second kappa shape index (κ2) is 5.18. The largest absolute Gasteiger partial charge is 0.462 e. The summed E-state index contributed by atoms with van der Waals surface area (Å²) in [7, 11) is 0. The molecule has 0 saturated carbocycles. The number of carbonyl (C=O) groups is 1. The zero-order chi connectivity index (χ0) is 13.1. The molecule has 5 nitrogen and oxygen atoms in total. The molecule has 0 radical (unpaired) electrons. The zero-order valence-corrected chi connectivity index (χ0v) is 10.5. The molecule has 0 fully saturated rings. The van der Waals surface area contributed by atoms with Gasteiger partial charge in [-0.25, -0.2) is 9.78 Å². The van der Waals surface area contributed by atoms with E-state index in [-0.39, 0.29) is 12.6 Å². The van der Waals surface area contributed by atoms with Crippen LogP contribution in [0.15, 0.2) is 18.2 Å². The lowest BCUT2D eigenvalue weighted by Gasteiger charge is -2.04. The molecule has 0 aliphatic carbocycles. The van der Waals surface area contributed by atoms with Crippen LogP contribution < -0.4 is 0 Å². The fourth-order valence-corrected chi connectivity index (χ4v) is 1.97. The van der Waals surface area contributed by atoms with Crippen molar-refractivity contribution in [3.8, 4) is 0 Å². The van der Waals surface area contributed by atoms with Crippen LogP contribution >= 0.6 is 0 Å². The van der Waals surface area contributed by atoms with E-state index in [0.717, 1.165) is 16.9 Å². The predicted molar refractivity (Wildman–Crippen MR) is 67.5 cm³/mol. The summed E-state index contributed by atoms with van der Waals surface area (Å²) in [6.07, 6.45) is 0. The number of ether oxygens (including phenoxy) is 1. The molecule has 0 atom stereocenters. The van der Waals surface area contributed by atoms with Crippen molar-refractivity contribution < 1.29 is 14.6 Å². The van der Waals surface area contributed by atoms with E-state index in [1.54, 1.807) is 19.1 Å². The molecule has 18 heavy (non-hydrogen) atoms. The molecular weight excluding hydrogens is 232 g/mol. The normalized spacial score (nSPS) is 10.8. The lowest BCUT2D eigenvalue weighted by molar-refractivity contribution is 0.0526. The van der Waals surface area contributed by atoms with Crippen LogP contribution in [0.3, 0.4) is 0 Å². The van der Waals surface area contributed by atoms with Gasteiger partial charge in [0.15, 0.2) is 0 Å². The van der Waals surface area contributed by atoms with Crippen molar-refractivity contribution >= 4 is 17.0 Å². The average Bonchev–Trinajstić information content (AvgIpc) is 2.66. The summed E-state index contributed by atoms with van der Waals surface area (Å²) in [6, 6.07) is 5.26. The Morgan fingerprint density at radius 2 is 2.28 bits per heavy atom. The molecule has 2 rings (SSSR count). The minimum absolute atomic E-state index is 0.0614. The minimum Gasteiger partial charge on any atom is -0.462 e. The number of esters is 1. The van der Waals surface area contributed by atoms with Gasteiger partial charge in [-0.05, 0) is 32.0 Å². The van der Waals surface area contributed by atoms with E-state index in [1.807, 2.05) is 17.6 Å². The standard InChI is InChI=1S/C13H16N2O3/c1-3-18-13(17)10-4-5-12-11(8-10)14-9(2)15(12)6-7-16/h4-5,8,16H,3,6-7H2,1-2H3. The number of hydrogen-bond donors (Lipinski definition) is 1. The summed E-state index contributed by atoms with van der Waals surface area (Å²) in [4.78, 5) is 16.0. The van der Waals surface area contributed by atoms with Crippen LogP contribution in [0.1, 0.15) is 23.1 Å². The molecule has 2 aromatic rings. The van der Waals surface area contributed by atoms with Gasteiger partial charge in [0.25, 0.3) is 0 Å². The fourth-order valence-electron chi connectivity index (χ4n) is 1.97. The molecule has 0 aliphatic heterocycles. The summed E-state index contributed by atoms with van der Waals surface area (Å²) < 4.78 is 6.87. The molecule has 1 N–H and O–H groups in total. The maximum atomic E-state index is 11.6. The molecule has 1 aromatic carbocycles. The first-order valence-corrected chi connectivity index (χ1v) is 5.92. The first-order chi connectivity index (χ1) is 8.67. The summed E-state index contributed by atoms with van der Waals surface area (Å²) in [6.45, 7) is 4.57. The SMILES string of the molecule is CCOC(=O)c1ccc2c(c1)nc(C)n2CCO. The Balaban J connectivity index is 2.44. The van der Waals surface area contributed by atoms with E-state index in [4.69, 9.17) is 9.84 Å². The molecule has 0 unspecified atom stereocenters. The van der Waals surface area contributed by atoms with Gasteiger partial charge in [0.2, 0.25) is 0 Å². The number of aliphatic hydroxyl groups is 1. The lowest BCUT2D eigenvalue weighted by atomic mass is 10.2. The number of rotatable bonds is 4. The number of imidazole rings is 1. The average molecular weight is 248 g/mol. The van der Waals surface area contributed by atoms with Crippen molar-refractivity contribution in [3.05, 3.63) is 29.6 Å². The van der Waals surface area contributed by atoms with Gasteiger partial charge in [-0.1, -0.05) is 0 Å². The first kappa shape index (κ1) is 12.6. The first-order valence-electron chi connectivity index (χ1n) is 5.92. The molecule has 0 saturated heterocycles. The van der Waals surface area contributed by atoms with Gasteiger partial charge in [0.05, 0.1) is 29.8 Å². The number of carbonyl (C=O) groups excluding carboxylic acids is 1. The lowest BCUT2D eigenvalue weighted by Crippen LogP contribution is -2.05. The molecule has 0 spiro atoms. The van der Waals surface area contributed by atoms with Crippen LogP contribution in [0, 0.1) is 6.92 Å². The van der Waals surface area contributed by atoms with Crippen LogP contribution in [-0.4, -0.2) is 33.8 Å². The zero-order valence-electron chi connectivity index (χ0n) is 10.5. The second-order valence-corrected chi connectivity index (χ2v) is 3.96. The number of hydrogen-bond acceptors (Lipinski definition) is 4. The van der Waals surface area contributed by atoms with Gasteiger partial charge in [0.1, 0.15) is 5.82 Å². The number of aliphatic hydroxyl groups excluding tert-OH is 1. The van der Waals surface area contributed by atoms with E-state index in [1.165, 1.54) is 0 Å². The number of fused-ring (bicyclic) bond motifs is 1. The highest BCUT2D eigenvalue weighted by molar-refractivity contribution is 5.93. The third-order valence-electron chi connectivity index (χ3n) is 2.77. The second-order valence-electron chi connectivity index (χ2n) is 3.96. The summed E-state index contributed by atoms with van der Waals surface area (Å²) in [5.41, 5.74) is 2.15. The van der Waals surface area contributed by atoms with Crippen molar-refractivity contribution in [2.45, 2.75) is 20.4 Å². The Morgan fingerprint density at radius 3 is 2.94 bits per heavy atom. The van der Waals surface area contributed by atoms with Gasteiger partial charge in [-0.3, -0.25) is 0 Å². The predicted octanol–water partition coefficient (Wildman–Crippen LogP) is 1.51. The van der Waals surface area contributed by atoms with Crippen LogP contribution in [-0.2, 0) is 11.3 Å². The third kappa shape index (κ3) is 2.22. The smallest absolute Gasteiger partial charge is 0.338 e. The number of aryl methyl sites for hydroxylation is 1. The van der Waals surface area contributed by atoms with E-state index >= 15 is 0 Å². The Kier molecular flexibility index (Phi) is 3.62. The molecule has 0 bridgehead atoms. The summed E-state index contributed by atoms with van der Waals surface area (Å²) >= 11 is 0. The number of aromatic nitrogens is 2. The van der Waals surface area contributed by atoms with E-state index in [2.05, 4.69) is 4.98 Å². The van der Waals surface area contributed by atoms with Gasteiger partial charge in [-0.2, -0.15) is 0 Å². The minimum atomic E-state index is -0.339. The fraction of sp³-hybridized carbons (Fsp3) is 0.385. The van der Waals surface area contributed by atoms with Gasteiger partial charge >= 0.3 is 5.97 Å². The maximum Gasteiger partial charge on any atom is 0.338 e. The summed E-state index contributed by atoms with van der Waals surface area (Å²) in [5, 5.41) is 9.01. The van der Waals surface area contributed by atoms with Crippen molar-refractivity contribution in [3.63, 3.8) is 0 Å². The van der Waals surface area contributed by atoms with E-state index in [0.29, 0.717) is 18.7 Å². The highest BCUT2D eigenvalue weighted by Gasteiger charge is 2.11. The van der Waals surface area contributed by atoms with Crippen LogP contribution in [0.4, 0.5) is 0 Å². The van der Waals surface area contributed by atoms with Gasteiger partial charge < -0.3 is 14.4 Å². The molecule has 1 heterocycles. The Labute approximate surface area is 105 Å². The molecule has 5 heteroatoms. The highest BCUT2D eigenvalue weighted by Crippen LogP contribution is 2.18. The molecular formula is C13H16N2O3. The number of nitrogens with zero attached hydrogens (tertiary/aromatic N) is 2. The van der Waals surface area contributed by atoms with Gasteiger partial charge in [0, 0.05) is 6.54 Å². The third-order valence-corrected chi connectivity index (χ3v) is 2.77. The van der Waals surface area contributed by atoms with E-state index in [9.17, 15) is 4.79 Å². The highest BCUT2D eigenvalue weighted by atomic mass is 16.5. The molecule has 0 amide bonds. The van der Waals surface area contributed by atoms with Crippen molar-refractivity contribution in [2.75, 3.05) is 13.2 Å². The van der Waals surface area contributed by atoms with Gasteiger partial charge in [-0.15, -0.1) is 0 Å². The summed E-state index contributed by atoms with van der Waals surface area (Å²) in [5.74, 6) is 0.480. The monoisotopic (exact) mass is 248 g/mol. The maximum absolute atomic E-state index is 11.6. The number of benzene rings is 1. The quantitative estimate of drug-likeness (QED) is 0.833. The Hall–Kier alpha value is -1.88. The van der Waals surface area contributed by atoms with Crippen LogP contribution in [0.2, 0.25) is 0 Å². The van der Waals surface area contributed by atoms with Crippen molar-refractivity contribution in [1.29, 1.82) is 0 Å². The Bertz CT molecular complexity index is 575. The van der Waals surface area contributed by atoms with E-state index < -0.39 is 0 Å². The Morgan fingerprint density at radius 1 is 1.50 bits per heavy atom.